The van der Waals surface area contributed by atoms with E-state index in [1.165, 1.54) is 48.5 Å². The number of sulfonamides is 4. The lowest BCUT2D eigenvalue weighted by Crippen LogP contribution is -2.42. The Bertz CT molecular complexity index is 2670. The van der Waals surface area contributed by atoms with Crippen molar-refractivity contribution >= 4 is 51.9 Å². The van der Waals surface area contributed by atoms with E-state index in [4.69, 9.17) is 0 Å². The van der Waals surface area contributed by atoms with Crippen LogP contribution in [0.5, 0.6) is 0 Å². The fourth-order valence-electron chi connectivity index (χ4n) is 6.04. The van der Waals surface area contributed by atoms with E-state index in [9.17, 15) is 43.3 Å². The topological polar surface area (TPSA) is 238 Å². The van der Waals surface area contributed by atoms with Gasteiger partial charge in [0.1, 0.15) is 0 Å². The van der Waals surface area contributed by atoms with Crippen molar-refractivity contribution in [1.29, 1.82) is 0 Å². The molecule has 342 valence electrons. The van der Waals surface area contributed by atoms with Gasteiger partial charge in [-0.3, -0.25) is 14.6 Å². The normalized spacial score (nSPS) is 12.3. The van der Waals surface area contributed by atoms with Crippen molar-refractivity contribution in [2.24, 2.45) is 0 Å². The molecule has 0 fully saturated rings. The molecule has 1 heterocycles. The first-order chi connectivity index (χ1) is 30.2. The van der Waals surface area contributed by atoms with Crippen LogP contribution < -0.4 is 20.1 Å². The highest BCUT2D eigenvalue weighted by Crippen LogP contribution is 2.21. The first-order valence-electron chi connectivity index (χ1n) is 19.9. The molecule has 4 aromatic carbocycles. The molecule has 0 radical (unpaired) electrons. The van der Waals surface area contributed by atoms with Gasteiger partial charge in [-0.05, 0) is 88.4 Å². The van der Waals surface area contributed by atoms with Gasteiger partial charge in [0, 0.05) is 26.2 Å². The summed E-state index contributed by atoms with van der Waals surface area (Å²) >= 11 is 0. The van der Waals surface area contributed by atoms with E-state index in [1.54, 1.807) is 94.4 Å². The molecule has 5 aromatic rings. The van der Waals surface area contributed by atoms with E-state index in [2.05, 4.69) is 25.1 Å². The highest BCUT2D eigenvalue weighted by Gasteiger charge is 2.28. The van der Waals surface area contributed by atoms with E-state index in [1.807, 2.05) is 0 Å². The standard InChI is InChI=1S/C43H51N7O10S4/c1-32-8-16-38(17-9-32)61(53,54)46-28-42(51)44-24-26-49(63(57,58)40-20-12-34(3)13-21-40)30-36-6-5-7-37(48-36)31-50(64(59,60)41-22-14-35(4)15-23-41)27-25-45-43(52)29-47-62(55,56)39-18-10-33(2)11-19-39/h5-23,46-47H,24-31H2,1-4H3,(H,44,51)(H,45,52). The molecule has 0 atom stereocenters. The fraction of sp³-hybridized carbons (Fsp3) is 0.279. The quantitative estimate of drug-likeness (QED) is 0.0787. The summed E-state index contributed by atoms with van der Waals surface area (Å²) < 4.78 is 114. The molecule has 0 bridgehead atoms. The zero-order valence-electron chi connectivity index (χ0n) is 35.7. The second kappa shape index (κ2) is 21.5. The minimum Gasteiger partial charge on any atom is -0.354 e. The van der Waals surface area contributed by atoms with E-state index in [0.29, 0.717) is 0 Å². The molecule has 1 aromatic heterocycles. The Hall–Kier alpha value is -5.39. The smallest absolute Gasteiger partial charge is 0.243 e. The van der Waals surface area contributed by atoms with E-state index in [-0.39, 0.29) is 70.2 Å². The number of nitrogens with one attached hydrogen (secondary N) is 4. The number of rotatable bonds is 22. The Morgan fingerprint density at radius 3 is 1.06 bits per heavy atom. The Morgan fingerprint density at radius 1 is 0.453 bits per heavy atom. The summed E-state index contributed by atoms with van der Waals surface area (Å²) in [4.78, 5) is 30.0. The molecule has 0 aliphatic heterocycles. The molecule has 5 rings (SSSR count). The van der Waals surface area contributed by atoms with Gasteiger partial charge < -0.3 is 10.6 Å². The molecule has 0 aliphatic carbocycles. The minimum absolute atomic E-state index is 0.0177. The third-order valence-electron chi connectivity index (χ3n) is 9.73. The van der Waals surface area contributed by atoms with Crippen LogP contribution in [0, 0.1) is 27.7 Å². The van der Waals surface area contributed by atoms with Gasteiger partial charge in [0.15, 0.2) is 0 Å². The number of benzene rings is 4. The maximum Gasteiger partial charge on any atom is 0.243 e. The van der Waals surface area contributed by atoms with E-state index < -0.39 is 65.0 Å². The predicted octanol–water partition coefficient (Wildman–Crippen LogP) is 2.89. The van der Waals surface area contributed by atoms with Crippen LogP contribution in [0.25, 0.3) is 0 Å². The molecule has 64 heavy (non-hydrogen) atoms. The van der Waals surface area contributed by atoms with Gasteiger partial charge >= 0.3 is 0 Å². The summed E-state index contributed by atoms with van der Waals surface area (Å²) in [6, 6.07) is 29.2. The van der Waals surface area contributed by atoms with Gasteiger partial charge in [-0.1, -0.05) is 76.9 Å². The SMILES string of the molecule is Cc1ccc(S(=O)(=O)NCC(=O)NCCN(Cc2cccc(CN(CCNC(=O)CNS(=O)(=O)c3ccc(C)cc3)S(=O)(=O)c3ccc(C)cc3)n2)S(=O)(=O)c2ccc(C)cc2)cc1. The number of aryl methyl sites for hydroxylation is 4. The summed E-state index contributed by atoms with van der Waals surface area (Å²) in [5.74, 6) is -1.39. The van der Waals surface area contributed by atoms with Crippen LogP contribution in [-0.2, 0) is 62.8 Å². The monoisotopic (exact) mass is 953 g/mol. The highest BCUT2D eigenvalue weighted by molar-refractivity contribution is 7.90. The molecular weight excluding hydrogens is 903 g/mol. The average Bonchev–Trinajstić information content (AvgIpc) is 3.25. The van der Waals surface area contributed by atoms with Gasteiger partial charge in [0.05, 0.1) is 57.1 Å². The van der Waals surface area contributed by atoms with Gasteiger partial charge in [-0.15, -0.1) is 0 Å². The van der Waals surface area contributed by atoms with Gasteiger partial charge in [0.25, 0.3) is 0 Å². The molecule has 2 amide bonds. The lowest BCUT2D eigenvalue weighted by Gasteiger charge is -2.24. The third-order valence-corrected chi connectivity index (χ3v) is 16.3. The number of amides is 2. The highest BCUT2D eigenvalue weighted by atomic mass is 32.2. The molecule has 0 unspecified atom stereocenters. The van der Waals surface area contributed by atoms with Crippen molar-refractivity contribution in [2.75, 3.05) is 39.3 Å². The summed E-state index contributed by atoms with van der Waals surface area (Å²) in [6.45, 7) is 4.57. The first-order valence-corrected chi connectivity index (χ1v) is 25.7. The Morgan fingerprint density at radius 2 is 0.750 bits per heavy atom. The number of pyridine rings is 1. The summed E-state index contributed by atoms with van der Waals surface area (Å²) in [5, 5.41) is 5.12. The Kier molecular flexibility index (Phi) is 16.7. The van der Waals surface area contributed by atoms with E-state index in [0.717, 1.165) is 30.9 Å². The summed E-state index contributed by atoms with van der Waals surface area (Å²) in [5.41, 5.74) is 3.86. The lowest BCUT2D eigenvalue weighted by atomic mass is 10.2. The van der Waals surface area contributed by atoms with Crippen LogP contribution in [0.2, 0.25) is 0 Å². The minimum atomic E-state index is -4.20. The van der Waals surface area contributed by atoms with Crippen LogP contribution in [0.4, 0.5) is 0 Å². The molecule has 0 saturated heterocycles. The van der Waals surface area contributed by atoms with Gasteiger partial charge in [-0.2, -0.15) is 8.61 Å². The van der Waals surface area contributed by atoms with Crippen LogP contribution in [0.15, 0.2) is 135 Å². The summed E-state index contributed by atoms with van der Waals surface area (Å²) in [6.07, 6.45) is 0. The number of hydrogen-bond acceptors (Lipinski definition) is 11. The predicted molar refractivity (Wildman–Crippen MR) is 241 cm³/mol. The van der Waals surface area contributed by atoms with Crippen molar-refractivity contribution in [3.05, 3.63) is 149 Å². The zero-order chi connectivity index (χ0) is 46.7. The molecular formula is C43H51N7O10S4. The first kappa shape index (κ1) is 49.6. The van der Waals surface area contributed by atoms with Crippen LogP contribution in [0.3, 0.4) is 0 Å². The van der Waals surface area contributed by atoms with Crippen molar-refractivity contribution < 1.29 is 43.3 Å². The number of aromatic nitrogens is 1. The summed E-state index contributed by atoms with van der Waals surface area (Å²) in [7, 11) is -16.4. The number of carbonyl (C=O) groups is 2. The molecule has 21 heteroatoms. The maximum atomic E-state index is 14.0. The Labute approximate surface area is 375 Å². The second-order valence-electron chi connectivity index (χ2n) is 14.9. The number of carbonyl (C=O) groups excluding carboxylic acids is 2. The van der Waals surface area contributed by atoms with Crippen LogP contribution in [-0.4, -0.2) is 98.3 Å². The van der Waals surface area contributed by atoms with Crippen molar-refractivity contribution in [3.8, 4) is 0 Å². The Balaban J connectivity index is 1.30. The molecule has 0 saturated carbocycles. The number of hydrogen-bond donors (Lipinski definition) is 4. The maximum absolute atomic E-state index is 14.0. The molecule has 4 N–H and O–H groups in total. The largest absolute Gasteiger partial charge is 0.354 e. The fourth-order valence-corrected chi connectivity index (χ4v) is 10.8. The van der Waals surface area contributed by atoms with Gasteiger partial charge in [-0.25, -0.2) is 43.1 Å². The molecule has 0 spiro atoms. The average molecular weight is 954 g/mol. The van der Waals surface area contributed by atoms with Gasteiger partial charge in [0.2, 0.25) is 51.9 Å². The molecule has 0 aliphatic rings. The van der Waals surface area contributed by atoms with Crippen molar-refractivity contribution in [1.82, 2.24) is 33.7 Å². The van der Waals surface area contributed by atoms with Crippen LogP contribution >= 0.6 is 0 Å². The van der Waals surface area contributed by atoms with Crippen molar-refractivity contribution in [3.63, 3.8) is 0 Å². The number of nitrogens with zero attached hydrogens (tertiary/aromatic N) is 3. The van der Waals surface area contributed by atoms with E-state index >= 15 is 0 Å². The lowest BCUT2D eigenvalue weighted by molar-refractivity contribution is -0.120. The zero-order valence-corrected chi connectivity index (χ0v) is 38.9. The molecule has 17 nitrogen and oxygen atoms in total. The second-order valence-corrected chi connectivity index (χ2v) is 22.3. The van der Waals surface area contributed by atoms with Crippen LogP contribution in [0.1, 0.15) is 33.6 Å². The third kappa shape index (κ3) is 13.8. The van der Waals surface area contributed by atoms with Crippen molar-refractivity contribution in [2.45, 2.75) is 60.4 Å².